The van der Waals surface area contributed by atoms with E-state index >= 15 is 0 Å². The number of hydrogen-bond acceptors (Lipinski definition) is 1. The van der Waals surface area contributed by atoms with Gasteiger partial charge in [0.1, 0.15) is 6.20 Å². The molecule has 0 aliphatic carbocycles. The van der Waals surface area contributed by atoms with Gasteiger partial charge in [0.15, 0.2) is 0 Å². The van der Waals surface area contributed by atoms with E-state index in [2.05, 4.69) is 17.0 Å². The summed E-state index contributed by atoms with van der Waals surface area (Å²) in [7, 11) is 0. The van der Waals surface area contributed by atoms with Crippen LogP contribution in [-0.4, -0.2) is 6.61 Å². The molecule has 0 aromatic heterocycles. The Morgan fingerprint density at radius 2 is 2.07 bits per heavy atom. The zero-order valence-corrected chi connectivity index (χ0v) is 8.73. The lowest BCUT2D eigenvalue weighted by molar-refractivity contribution is 0.119. The standard InChI is InChI=1S/C13H15NO/c1-14-10-6-3-7-11-15-12-13-8-4-2-5-9-13/h2,4-6,8-10H,3,7,11-12H2. The van der Waals surface area contributed by atoms with Crippen molar-refractivity contribution in [3.05, 3.63) is 59.6 Å². The fraction of sp³-hybridized carbons (Fsp3) is 0.308. The van der Waals surface area contributed by atoms with Gasteiger partial charge in [-0.2, -0.15) is 0 Å². The highest BCUT2D eigenvalue weighted by Gasteiger charge is 1.90. The molecule has 0 bridgehead atoms. The van der Waals surface area contributed by atoms with Crippen molar-refractivity contribution in [1.29, 1.82) is 0 Å². The molecule has 0 fully saturated rings. The molecule has 2 heteroatoms. The summed E-state index contributed by atoms with van der Waals surface area (Å²) < 4.78 is 5.49. The second-order valence-corrected chi connectivity index (χ2v) is 3.19. The first-order valence-electron chi connectivity index (χ1n) is 5.06. The largest absolute Gasteiger partial charge is 0.377 e. The quantitative estimate of drug-likeness (QED) is 0.508. The third kappa shape index (κ3) is 5.66. The maximum atomic E-state index is 6.54. The fourth-order valence-electron chi connectivity index (χ4n) is 1.19. The molecule has 0 aliphatic heterocycles. The molecule has 2 nitrogen and oxygen atoms in total. The highest BCUT2D eigenvalue weighted by Crippen LogP contribution is 2.01. The second-order valence-electron chi connectivity index (χ2n) is 3.19. The van der Waals surface area contributed by atoms with Gasteiger partial charge < -0.3 is 4.74 Å². The number of hydrogen-bond donors (Lipinski definition) is 0. The van der Waals surface area contributed by atoms with Gasteiger partial charge in [0.05, 0.1) is 13.2 Å². The third-order valence-corrected chi connectivity index (χ3v) is 1.95. The Balaban J connectivity index is 2.03. The van der Waals surface area contributed by atoms with Crippen molar-refractivity contribution in [2.75, 3.05) is 6.61 Å². The summed E-state index contributed by atoms with van der Waals surface area (Å²) in [6, 6.07) is 10.1. The molecule has 78 valence electrons. The van der Waals surface area contributed by atoms with E-state index in [1.54, 1.807) is 0 Å². The highest BCUT2D eigenvalue weighted by molar-refractivity contribution is 5.13. The molecule has 0 spiro atoms. The van der Waals surface area contributed by atoms with Crippen molar-refractivity contribution >= 4 is 0 Å². The summed E-state index contributed by atoms with van der Waals surface area (Å²) in [6.45, 7) is 7.96. The van der Waals surface area contributed by atoms with E-state index < -0.39 is 0 Å². The molecule has 0 saturated heterocycles. The van der Waals surface area contributed by atoms with Crippen LogP contribution in [-0.2, 0) is 11.3 Å². The Bertz CT molecular complexity index is 324. The van der Waals surface area contributed by atoms with Crippen molar-refractivity contribution in [2.45, 2.75) is 19.4 Å². The van der Waals surface area contributed by atoms with Gasteiger partial charge in [-0.15, -0.1) is 0 Å². The second kappa shape index (κ2) is 7.78. The van der Waals surface area contributed by atoms with Crippen LogP contribution in [0.5, 0.6) is 0 Å². The number of rotatable bonds is 6. The van der Waals surface area contributed by atoms with Crippen LogP contribution in [0.15, 0.2) is 42.6 Å². The van der Waals surface area contributed by atoms with Gasteiger partial charge in [0, 0.05) is 6.61 Å². The first-order chi connectivity index (χ1) is 7.43. The van der Waals surface area contributed by atoms with Crippen LogP contribution in [0.3, 0.4) is 0 Å². The van der Waals surface area contributed by atoms with Crippen molar-refractivity contribution in [3.63, 3.8) is 0 Å². The number of nitrogens with zero attached hydrogens (tertiary/aromatic N) is 1. The maximum absolute atomic E-state index is 6.54. The first-order valence-corrected chi connectivity index (χ1v) is 5.06. The van der Waals surface area contributed by atoms with Crippen molar-refractivity contribution in [3.8, 4) is 0 Å². The Hall–Kier alpha value is -1.59. The van der Waals surface area contributed by atoms with E-state index in [-0.39, 0.29) is 0 Å². The molecule has 1 aromatic carbocycles. The van der Waals surface area contributed by atoms with Gasteiger partial charge in [0.2, 0.25) is 0 Å². The minimum Gasteiger partial charge on any atom is -0.377 e. The van der Waals surface area contributed by atoms with Gasteiger partial charge in [-0.25, -0.2) is 4.85 Å². The summed E-state index contributed by atoms with van der Waals surface area (Å²) in [5, 5.41) is 0. The highest BCUT2D eigenvalue weighted by atomic mass is 16.5. The van der Waals surface area contributed by atoms with E-state index in [0.29, 0.717) is 6.61 Å². The number of unbranched alkanes of at least 4 members (excludes halogenated alkanes) is 1. The molecule has 0 atom stereocenters. The van der Waals surface area contributed by atoms with Crippen LogP contribution in [0.2, 0.25) is 0 Å². The van der Waals surface area contributed by atoms with Crippen LogP contribution in [0.4, 0.5) is 0 Å². The fourth-order valence-corrected chi connectivity index (χ4v) is 1.19. The van der Waals surface area contributed by atoms with Crippen molar-refractivity contribution in [2.24, 2.45) is 0 Å². The topological polar surface area (TPSA) is 13.6 Å². The number of benzene rings is 1. The SMILES string of the molecule is [C-]#[N+]C=CCCCOCc1ccccc1. The lowest BCUT2D eigenvalue weighted by atomic mass is 10.2. The zero-order chi connectivity index (χ0) is 10.8. The minimum absolute atomic E-state index is 0.674. The summed E-state index contributed by atoms with van der Waals surface area (Å²) in [4.78, 5) is 3.13. The average Bonchev–Trinajstić information content (AvgIpc) is 2.29. The Morgan fingerprint density at radius 3 is 2.80 bits per heavy atom. The molecule has 0 N–H and O–H groups in total. The molecule has 0 amide bonds. The predicted molar refractivity (Wildman–Crippen MR) is 61.1 cm³/mol. The van der Waals surface area contributed by atoms with E-state index in [0.717, 1.165) is 19.4 Å². The lowest BCUT2D eigenvalue weighted by Gasteiger charge is -2.02. The molecule has 0 unspecified atom stereocenters. The lowest BCUT2D eigenvalue weighted by Crippen LogP contribution is -1.94. The van der Waals surface area contributed by atoms with Gasteiger partial charge >= 0.3 is 0 Å². The van der Waals surface area contributed by atoms with Gasteiger partial charge in [0.25, 0.3) is 0 Å². The van der Waals surface area contributed by atoms with E-state index in [1.807, 2.05) is 24.3 Å². The average molecular weight is 201 g/mol. The summed E-state index contributed by atoms with van der Waals surface area (Å²) in [6.07, 6.45) is 5.26. The Labute approximate surface area is 91.0 Å². The van der Waals surface area contributed by atoms with E-state index in [9.17, 15) is 0 Å². The molecule has 0 radical (unpaired) electrons. The molecule has 0 saturated carbocycles. The molecular formula is C13H15NO. The van der Waals surface area contributed by atoms with Crippen LogP contribution in [0, 0.1) is 6.57 Å². The first kappa shape index (κ1) is 11.5. The number of ether oxygens (including phenoxy) is 1. The minimum atomic E-state index is 0.674. The normalized spacial score (nSPS) is 10.3. The summed E-state index contributed by atoms with van der Waals surface area (Å²) >= 11 is 0. The molecular weight excluding hydrogens is 186 g/mol. The van der Waals surface area contributed by atoms with Crippen LogP contribution in [0.25, 0.3) is 4.85 Å². The van der Waals surface area contributed by atoms with E-state index in [4.69, 9.17) is 11.3 Å². The van der Waals surface area contributed by atoms with Crippen molar-refractivity contribution < 1.29 is 4.74 Å². The van der Waals surface area contributed by atoms with Crippen LogP contribution in [0.1, 0.15) is 18.4 Å². The zero-order valence-electron chi connectivity index (χ0n) is 8.73. The van der Waals surface area contributed by atoms with Crippen molar-refractivity contribution in [1.82, 2.24) is 0 Å². The van der Waals surface area contributed by atoms with Gasteiger partial charge in [-0.05, 0) is 18.4 Å². The van der Waals surface area contributed by atoms with Gasteiger partial charge in [-0.3, -0.25) is 0 Å². The Morgan fingerprint density at radius 1 is 1.27 bits per heavy atom. The summed E-state index contributed by atoms with van der Waals surface area (Å²) in [5.74, 6) is 0. The Kier molecular flexibility index (Phi) is 5.96. The molecule has 0 aliphatic rings. The number of allylic oxidation sites excluding steroid dienone is 1. The monoisotopic (exact) mass is 201 g/mol. The van der Waals surface area contributed by atoms with Gasteiger partial charge in [-0.1, -0.05) is 36.4 Å². The molecule has 15 heavy (non-hydrogen) atoms. The van der Waals surface area contributed by atoms with Crippen LogP contribution >= 0.6 is 0 Å². The molecule has 1 rings (SSSR count). The van der Waals surface area contributed by atoms with Crippen LogP contribution < -0.4 is 0 Å². The third-order valence-electron chi connectivity index (χ3n) is 1.95. The molecule has 1 aromatic rings. The predicted octanol–water partition coefficient (Wildman–Crippen LogP) is 3.42. The maximum Gasteiger partial charge on any atom is 0.150 e. The summed E-state index contributed by atoms with van der Waals surface area (Å²) in [5.41, 5.74) is 1.20. The molecule has 0 heterocycles. The smallest absolute Gasteiger partial charge is 0.150 e. The van der Waals surface area contributed by atoms with E-state index in [1.165, 1.54) is 11.8 Å².